The molecule has 0 radical (unpaired) electrons. The normalized spacial score (nSPS) is 11.2. The molecular weight excluding hydrogens is 757 g/mol. The summed E-state index contributed by atoms with van der Waals surface area (Å²) in [5.41, 5.74) is 10.1. The zero-order valence-electron chi connectivity index (χ0n) is 33.5. The maximum atomic E-state index is 5.02. The van der Waals surface area contributed by atoms with Gasteiger partial charge in [0, 0.05) is 33.4 Å². The van der Waals surface area contributed by atoms with Crippen LogP contribution in [0.5, 0.6) is 0 Å². The third kappa shape index (κ3) is 7.27. The number of aromatic nitrogens is 6. The molecule has 62 heavy (non-hydrogen) atoms. The fraction of sp³-hybridized carbons (Fsp3) is 0. The molecule has 290 valence electrons. The topological polar surface area (TPSA) is 77.3 Å². The molecule has 0 aliphatic heterocycles. The lowest BCUT2D eigenvalue weighted by Gasteiger charge is -2.12. The van der Waals surface area contributed by atoms with E-state index in [0.717, 1.165) is 61.0 Å². The van der Waals surface area contributed by atoms with Crippen molar-refractivity contribution >= 4 is 21.5 Å². The highest BCUT2D eigenvalue weighted by molar-refractivity contribution is 5.99. The van der Waals surface area contributed by atoms with Crippen LogP contribution in [0.1, 0.15) is 0 Å². The summed E-state index contributed by atoms with van der Waals surface area (Å²) in [5, 5.41) is 4.66. The first kappa shape index (κ1) is 36.6. The van der Waals surface area contributed by atoms with Crippen LogP contribution in [0.4, 0.5) is 0 Å². The molecule has 0 N–H and O–H groups in total. The van der Waals surface area contributed by atoms with E-state index < -0.39 is 0 Å². The Balaban J connectivity index is 0.921. The van der Waals surface area contributed by atoms with Gasteiger partial charge >= 0.3 is 0 Å². The lowest BCUT2D eigenvalue weighted by atomic mass is 9.94. The molecule has 0 saturated heterocycles. The molecule has 0 fully saturated rings. The molecule has 0 spiro atoms. The Morgan fingerprint density at radius 3 is 1.06 bits per heavy atom. The molecule has 0 amide bonds. The third-order valence-corrected chi connectivity index (χ3v) is 11.2. The second kappa shape index (κ2) is 15.9. The van der Waals surface area contributed by atoms with Gasteiger partial charge in [0.15, 0.2) is 34.9 Å². The van der Waals surface area contributed by atoms with Crippen LogP contribution in [0, 0.1) is 0 Å². The standard InChI is InChI=1S/C56H36N6/c1-4-14-41(15-5-1)51-57-52(42-16-6-2-7-17-42)59-54(58-51)45-31-26-40(27-32-45)49-22-12-21-39-28-33-47(36-50(39)49)38-23-29-44(30-24-38)55-60-53(43-18-8-3-9-19-43)61-56(62-55)48-34-25-37-13-10-11-20-46(37)35-48/h1-36H. The van der Waals surface area contributed by atoms with E-state index in [9.17, 15) is 0 Å². The van der Waals surface area contributed by atoms with E-state index in [1.807, 2.05) is 91.0 Å². The number of hydrogen-bond acceptors (Lipinski definition) is 6. The van der Waals surface area contributed by atoms with E-state index >= 15 is 0 Å². The summed E-state index contributed by atoms with van der Waals surface area (Å²) in [7, 11) is 0. The van der Waals surface area contributed by atoms with E-state index in [1.165, 1.54) is 16.2 Å². The van der Waals surface area contributed by atoms with E-state index in [0.29, 0.717) is 34.9 Å². The Kier molecular flexibility index (Phi) is 9.41. The highest BCUT2D eigenvalue weighted by Crippen LogP contribution is 2.35. The molecule has 0 saturated carbocycles. The Hall–Kier alpha value is -8.48. The van der Waals surface area contributed by atoms with Gasteiger partial charge in [-0.25, -0.2) is 29.9 Å². The van der Waals surface area contributed by atoms with E-state index in [4.69, 9.17) is 29.9 Å². The summed E-state index contributed by atoms with van der Waals surface area (Å²) in [4.78, 5) is 29.7. The number of benzene rings is 9. The molecular formula is C56H36N6. The zero-order valence-corrected chi connectivity index (χ0v) is 33.5. The highest BCUT2D eigenvalue weighted by Gasteiger charge is 2.15. The van der Waals surface area contributed by atoms with Gasteiger partial charge in [-0.15, -0.1) is 0 Å². The molecule has 2 aromatic heterocycles. The maximum absolute atomic E-state index is 5.02. The minimum atomic E-state index is 0.627. The van der Waals surface area contributed by atoms with Gasteiger partial charge in [-0.1, -0.05) is 206 Å². The van der Waals surface area contributed by atoms with Crippen LogP contribution < -0.4 is 0 Å². The first-order valence-electron chi connectivity index (χ1n) is 20.6. The predicted octanol–water partition coefficient (Wildman–Crippen LogP) is 13.7. The second-order valence-electron chi connectivity index (χ2n) is 15.2. The van der Waals surface area contributed by atoms with Gasteiger partial charge in [0.1, 0.15) is 0 Å². The van der Waals surface area contributed by atoms with Crippen molar-refractivity contribution in [3.63, 3.8) is 0 Å². The number of fused-ring (bicyclic) bond motifs is 2. The molecule has 11 aromatic rings. The fourth-order valence-electron chi connectivity index (χ4n) is 7.93. The largest absolute Gasteiger partial charge is 0.208 e. The van der Waals surface area contributed by atoms with Crippen LogP contribution >= 0.6 is 0 Å². The molecule has 0 bridgehead atoms. The third-order valence-electron chi connectivity index (χ3n) is 11.2. The van der Waals surface area contributed by atoms with E-state index in [2.05, 4.69) is 127 Å². The van der Waals surface area contributed by atoms with Crippen molar-refractivity contribution in [1.29, 1.82) is 0 Å². The zero-order chi connectivity index (χ0) is 41.2. The van der Waals surface area contributed by atoms with Crippen molar-refractivity contribution in [3.05, 3.63) is 218 Å². The van der Waals surface area contributed by atoms with Crippen molar-refractivity contribution in [2.24, 2.45) is 0 Å². The van der Waals surface area contributed by atoms with Gasteiger partial charge in [-0.3, -0.25) is 0 Å². The van der Waals surface area contributed by atoms with E-state index in [1.54, 1.807) is 0 Å². The monoisotopic (exact) mass is 792 g/mol. The molecule has 6 nitrogen and oxygen atoms in total. The minimum Gasteiger partial charge on any atom is -0.208 e. The lowest BCUT2D eigenvalue weighted by molar-refractivity contribution is 1.07. The molecule has 11 rings (SSSR count). The van der Waals surface area contributed by atoms with Crippen LogP contribution in [0.25, 0.3) is 112 Å². The van der Waals surface area contributed by atoms with Crippen molar-refractivity contribution in [1.82, 2.24) is 29.9 Å². The van der Waals surface area contributed by atoms with E-state index in [-0.39, 0.29) is 0 Å². The number of hydrogen-bond donors (Lipinski definition) is 0. The lowest BCUT2D eigenvalue weighted by Crippen LogP contribution is -2.00. The Morgan fingerprint density at radius 2 is 0.548 bits per heavy atom. The summed E-state index contributed by atoms with van der Waals surface area (Å²) >= 11 is 0. The fourth-order valence-corrected chi connectivity index (χ4v) is 7.93. The number of nitrogens with zero attached hydrogens (tertiary/aromatic N) is 6. The molecule has 9 aromatic carbocycles. The Bertz CT molecular complexity index is 3310. The summed E-state index contributed by atoms with van der Waals surface area (Å²) < 4.78 is 0. The summed E-state index contributed by atoms with van der Waals surface area (Å²) in [5.74, 6) is 3.82. The summed E-state index contributed by atoms with van der Waals surface area (Å²) in [6.45, 7) is 0. The molecule has 6 heteroatoms. The average Bonchev–Trinajstić information content (AvgIpc) is 3.36. The van der Waals surface area contributed by atoms with Crippen LogP contribution in [-0.4, -0.2) is 29.9 Å². The van der Waals surface area contributed by atoms with Crippen molar-refractivity contribution in [3.8, 4) is 90.6 Å². The van der Waals surface area contributed by atoms with Gasteiger partial charge in [-0.05, 0) is 55.9 Å². The molecule has 0 aliphatic rings. The highest BCUT2D eigenvalue weighted by atomic mass is 15.0. The van der Waals surface area contributed by atoms with Crippen molar-refractivity contribution in [2.75, 3.05) is 0 Å². The number of rotatable bonds is 8. The summed E-state index contributed by atoms with van der Waals surface area (Å²) in [6.07, 6.45) is 0. The average molecular weight is 793 g/mol. The predicted molar refractivity (Wildman–Crippen MR) is 252 cm³/mol. The van der Waals surface area contributed by atoms with Crippen LogP contribution in [0.3, 0.4) is 0 Å². The summed E-state index contributed by atoms with van der Waals surface area (Å²) in [6, 6.07) is 75.1. The van der Waals surface area contributed by atoms with Crippen LogP contribution in [0.2, 0.25) is 0 Å². The van der Waals surface area contributed by atoms with Gasteiger partial charge in [0.2, 0.25) is 0 Å². The van der Waals surface area contributed by atoms with Gasteiger partial charge in [-0.2, -0.15) is 0 Å². The molecule has 2 heterocycles. The van der Waals surface area contributed by atoms with Crippen LogP contribution in [-0.2, 0) is 0 Å². The Morgan fingerprint density at radius 1 is 0.194 bits per heavy atom. The maximum Gasteiger partial charge on any atom is 0.164 e. The second-order valence-corrected chi connectivity index (χ2v) is 15.2. The quantitative estimate of drug-likeness (QED) is 0.152. The van der Waals surface area contributed by atoms with Crippen molar-refractivity contribution in [2.45, 2.75) is 0 Å². The van der Waals surface area contributed by atoms with Gasteiger partial charge in [0.05, 0.1) is 0 Å². The van der Waals surface area contributed by atoms with Crippen molar-refractivity contribution < 1.29 is 0 Å². The minimum absolute atomic E-state index is 0.627. The van der Waals surface area contributed by atoms with Gasteiger partial charge in [0.25, 0.3) is 0 Å². The molecule has 0 unspecified atom stereocenters. The molecule has 0 atom stereocenters. The SMILES string of the molecule is c1ccc(-c2nc(-c3ccccc3)nc(-c3ccc(-c4cccc5ccc(-c6ccc(-c7nc(-c8ccccc8)nc(-c8ccc9ccccc9c8)n7)cc6)cc45)cc3)n2)cc1. The van der Waals surface area contributed by atoms with Crippen LogP contribution in [0.15, 0.2) is 218 Å². The molecule has 0 aliphatic carbocycles. The smallest absolute Gasteiger partial charge is 0.164 e. The first-order chi connectivity index (χ1) is 30.7. The van der Waals surface area contributed by atoms with Gasteiger partial charge < -0.3 is 0 Å². The first-order valence-corrected chi connectivity index (χ1v) is 20.6. The Labute approximate surface area is 359 Å².